The van der Waals surface area contributed by atoms with Crippen LogP contribution < -0.4 is 3.02 Å². The first-order valence-electron chi connectivity index (χ1n) is 4.99. The van der Waals surface area contributed by atoms with E-state index in [1.807, 2.05) is 11.3 Å². The van der Waals surface area contributed by atoms with Gasteiger partial charge in [-0.25, -0.2) is 0 Å². The van der Waals surface area contributed by atoms with E-state index >= 15 is 0 Å². The Morgan fingerprint density at radius 1 is 1.36 bits per heavy atom. The molecule has 0 saturated carbocycles. The van der Waals surface area contributed by atoms with Gasteiger partial charge in [0, 0.05) is 0 Å². The van der Waals surface area contributed by atoms with Crippen LogP contribution in [0.1, 0.15) is 19.8 Å². The van der Waals surface area contributed by atoms with Gasteiger partial charge in [0.2, 0.25) is 0 Å². The SMILES string of the molecule is CCC[CH2][Sn][c]1nc2ccccc2s1. The predicted octanol–water partition coefficient (Wildman–Crippen LogP) is 2.84. The number of aromatic nitrogens is 1. The van der Waals surface area contributed by atoms with Gasteiger partial charge in [-0.05, 0) is 0 Å². The molecule has 1 heterocycles. The Bertz CT molecular complexity index is 377. The van der Waals surface area contributed by atoms with Crippen LogP contribution >= 0.6 is 11.3 Å². The summed E-state index contributed by atoms with van der Waals surface area (Å²) in [6, 6.07) is 8.47. The molecule has 0 unspecified atom stereocenters. The van der Waals surface area contributed by atoms with Gasteiger partial charge >= 0.3 is 99.2 Å². The van der Waals surface area contributed by atoms with Crippen LogP contribution in [0.2, 0.25) is 4.44 Å². The van der Waals surface area contributed by atoms with E-state index in [1.54, 1.807) is 0 Å². The number of benzene rings is 1. The molecule has 0 saturated heterocycles. The van der Waals surface area contributed by atoms with Crippen LogP contribution in [-0.2, 0) is 0 Å². The Morgan fingerprint density at radius 3 is 3.00 bits per heavy atom. The van der Waals surface area contributed by atoms with Gasteiger partial charge in [0.05, 0.1) is 0 Å². The van der Waals surface area contributed by atoms with Gasteiger partial charge in [0.15, 0.2) is 0 Å². The molecule has 2 rings (SSSR count). The Hall–Kier alpha value is -0.0913. The number of nitrogens with zero attached hydrogens (tertiary/aromatic N) is 1. The fraction of sp³-hybridized carbons (Fsp3) is 0.364. The van der Waals surface area contributed by atoms with E-state index in [0.717, 1.165) is 0 Å². The van der Waals surface area contributed by atoms with Crippen LogP contribution in [-0.4, -0.2) is 26.1 Å². The van der Waals surface area contributed by atoms with E-state index < -0.39 is 0 Å². The van der Waals surface area contributed by atoms with Crippen molar-refractivity contribution in [2.75, 3.05) is 0 Å². The second-order valence-corrected chi connectivity index (χ2v) is 9.12. The summed E-state index contributed by atoms with van der Waals surface area (Å²) < 4.78 is 4.27. The Morgan fingerprint density at radius 2 is 2.21 bits per heavy atom. The number of fused-ring (bicyclic) bond motifs is 1. The molecule has 0 bridgehead atoms. The molecule has 0 N–H and O–H groups in total. The minimum absolute atomic E-state index is 0.348. The summed E-state index contributed by atoms with van der Waals surface area (Å²) in [5.74, 6) is 0. The Labute approximate surface area is 98.8 Å². The number of rotatable bonds is 4. The van der Waals surface area contributed by atoms with E-state index in [4.69, 9.17) is 0 Å². The molecule has 2 aromatic rings. The first-order chi connectivity index (χ1) is 6.90. The second kappa shape index (κ2) is 5.12. The molecule has 14 heavy (non-hydrogen) atoms. The Kier molecular flexibility index (Phi) is 3.81. The zero-order chi connectivity index (χ0) is 9.80. The molecule has 0 amide bonds. The molecule has 1 aromatic heterocycles. The van der Waals surface area contributed by atoms with Crippen molar-refractivity contribution in [3.05, 3.63) is 24.3 Å². The van der Waals surface area contributed by atoms with Gasteiger partial charge < -0.3 is 0 Å². The van der Waals surface area contributed by atoms with Crippen LogP contribution in [0.25, 0.3) is 10.2 Å². The zero-order valence-corrected chi connectivity index (χ0v) is 12.0. The molecule has 0 aliphatic carbocycles. The van der Waals surface area contributed by atoms with Crippen molar-refractivity contribution in [1.29, 1.82) is 0 Å². The molecular formula is C11H13NSSn. The van der Waals surface area contributed by atoms with Crippen molar-refractivity contribution in [2.45, 2.75) is 24.2 Å². The molecule has 3 heteroatoms. The van der Waals surface area contributed by atoms with Crippen molar-refractivity contribution >= 4 is 45.7 Å². The van der Waals surface area contributed by atoms with Crippen LogP contribution in [0.3, 0.4) is 0 Å². The van der Waals surface area contributed by atoms with Crippen LogP contribution in [0.5, 0.6) is 0 Å². The third-order valence-electron chi connectivity index (χ3n) is 2.10. The van der Waals surface area contributed by atoms with Gasteiger partial charge in [0.25, 0.3) is 0 Å². The van der Waals surface area contributed by atoms with Crippen molar-refractivity contribution in [3.8, 4) is 0 Å². The molecule has 0 spiro atoms. The number of thiazole rings is 1. The summed E-state index contributed by atoms with van der Waals surface area (Å²) >= 11 is 1.56. The van der Waals surface area contributed by atoms with Gasteiger partial charge in [-0.3, -0.25) is 0 Å². The second-order valence-electron chi connectivity index (χ2n) is 3.27. The fourth-order valence-corrected chi connectivity index (χ4v) is 7.05. The van der Waals surface area contributed by atoms with Crippen LogP contribution in [0.4, 0.5) is 0 Å². The summed E-state index contributed by atoms with van der Waals surface area (Å²) in [7, 11) is 0. The van der Waals surface area contributed by atoms with Gasteiger partial charge in [-0.15, -0.1) is 0 Å². The maximum atomic E-state index is 4.68. The number of hydrogen-bond donors (Lipinski definition) is 0. The topological polar surface area (TPSA) is 12.9 Å². The fourth-order valence-electron chi connectivity index (χ4n) is 1.32. The van der Waals surface area contributed by atoms with E-state index in [9.17, 15) is 0 Å². The standard InChI is InChI=1S/C7H4NS.C4H9.Sn/c1-2-4-7-6(3-1)8-5-9-7;1-3-4-2;/h1-4H;1,3-4H2,2H3;. The molecule has 72 valence electrons. The van der Waals surface area contributed by atoms with Crippen molar-refractivity contribution in [1.82, 2.24) is 4.98 Å². The number of para-hydroxylation sites is 1. The molecule has 1 nitrogen and oxygen atoms in total. The molecule has 1 aromatic carbocycles. The normalized spacial score (nSPS) is 10.9. The average Bonchev–Trinajstić information content (AvgIpc) is 2.60. The van der Waals surface area contributed by atoms with E-state index in [1.165, 1.54) is 30.5 Å². The molecule has 2 radical (unpaired) electrons. The molecule has 0 aliphatic rings. The average molecular weight is 310 g/mol. The summed E-state index contributed by atoms with van der Waals surface area (Å²) in [6.45, 7) is 2.26. The molecule has 0 aliphatic heterocycles. The number of unbranched alkanes of at least 4 members (excludes halogenated alkanes) is 1. The summed E-state index contributed by atoms with van der Waals surface area (Å²) in [5.41, 5.74) is 1.20. The molecule has 0 atom stereocenters. The first kappa shape index (κ1) is 10.4. The van der Waals surface area contributed by atoms with E-state index in [2.05, 4.69) is 36.2 Å². The zero-order valence-electron chi connectivity index (χ0n) is 8.29. The monoisotopic (exact) mass is 311 g/mol. The number of hydrogen-bond acceptors (Lipinski definition) is 2. The molecule has 0 fully saturated rings. The van der Waals surface area contributed by atoms with Crippen molar-refractivity contribution < 1.29 is 0 Å². The van der Waals surface area contributed by atoms with Crippen LogP contribution in [0, 0.1) is 0 Å². The minimum atomic E-state index is -0.348. The summed E-state index contributed by atoms with van der Waals surface area (Å²) in [6.07, 6.45) is 2.72. The van der Waals surface area contributed by atoms with E-state index in [0.29, 0.717) is 0 Å². The summed E-state index contributed by atoms with van der Waals surface area (Å²) in [5, 5.41) is 0. The van der Waals surface area contributed by atoms with E-state index in [-0.39, 0.29) is 21.1 Å². The quantitative estimate of drug-likeness (QED) is 0.625. The van der Waals surface area contributed by atoms with Gasteiger partial charge in [0.1, 0.15) is 0 Å². The maximum absolute atomic E-state index is 4.68. The third kappa shape index (κ3) is 2.48. The van der Waals surface area contributed by atoms with Crippen molar-refractivity contribution in [2.24, 2.45) is 0 Å². The van der Waals surface area contributed by atoms with Gasteiger partial charge in [-0.2, -0.15) is 0 Å². The summed E-state index contributed by atoms with van der Waals surface area (Å²) in [4.78, 5) is 4.68. The molecular weight excluding hydrogens is 297 g/mol. The van der Waals surface area contributed by atoms with Crippen molar-refractivity contribution in [3.63, 3.8) is 0 Å². The Balaban J connectivity index is 2.11. The first-order valence-corrected chi connectivity index (χ1v) is 9.26. The predicted molar refractivity (Wildman–Crippen MR) is 64.7 cm³/mol. The third-order valence-corrected chi connectivity index (χ3v) is 7.70. The van der Waals surface area contributed by atoms with Crippen LogP contribution in [0.15, 0.2) is 24.3 Å². The van der Waals surface area contributed by atoms with Gasteiger partial charge in [-0.1, -0.05) is 0 Å².